The van der Waals surface area contributed by atoms with Crippen LogP contribution in [0.2, 0.25) is 0 Å². The van der Waals surface area contributed by atoms with E-state index in [1.54, 1.807) is 12.4 Å². The van der Waals surface area contributed by atoms with Gasteiger partial charge in [0, 0.05) is 19.3 Å². The summed E-state index contributed by atoms with van der Waals surface area (Å²) in [5.74, 6) is 1.03. The maximum Gasteiger partial charge on any atom is 0.261 e. The fraction of sp³-hybridized carbons (Fsp3) is 0.444. The van der Waals surface area contributed by atoms with Gasteiger partial charge in [-0.2, -0.15) is 10.1 Å². The summed E-state index contributed by atoms with van der Waals surface area (Å²) in [4.78, 5) is 4.27. The molecule has 2 aromatic rings. The van der Waals surface area contributed by atoms with E-state index in [1.165, 1.54) is 0 Å². The van der Waals surface area contributed by atoms with Gasteiger partial charge in [-0.1, -0.05) is 5.16 Å². The lowest BCUT2D eigenvalue weighted by atomic mass is 10.3. The van der Waals surface area contributed by atoms with E-state index in [9.17, 15) is 0 Å². The summed E-state index contributed by atoms with van der Waals surface area (Å²) in [6.07, 6.45) is 3.22. The number of morpholine rings is 1. The maximum atomic E-state index is 5.52. The number of nitrogens with one attached hydrogen (secondary N) is 2. The van der Waals surface area contributed by atoms with Gasteiger partial charge in [-0.3, -0.25) is 5.10 Å². The van der Waals surface area contributed by atoms with Crippen molar-refractivity contribution in [3.63, 3.8) is 0 Å². The summed E-state index contributed by atoms with van der Waals surface area (Å²) in [7, 11) is 0. The van der Waals surface area contributed by atoms with Crippen LogP contribution in [0.1, 0.15) is 11.9 Å². The van der Waals surface area contributed by atoms with Gasteiger partial charge < -0.3 is 14.6 Å². The minimum atomic E-state index is -0.127. The van der Waals surface area contributed by atoms with E-state index < -0.39 is 0 Å². The summed E-state index contributed by atoms with van der Waals surface area (Å²) < 4.78 is 10.7. The molecule has 0 spiro atoms. The molecule has 1 aliphatic heterocycles. The van der Waals surface area contributed by atoms with Crippen molar-refractivity contribution in [3.05, 3.63) is 18.2 Å². The number of ether oxygens (including phenoxy) is 1. The Morgan fingerprint density at radius 2 is 2.44 bits per heavy atom. The Balaban J connectivity index is 1.82. The summed E-state index contributed by atoms with van der Waals surface area (Å²) in [6, 6.07) is 0. The highest BCUT2D eigenvalue weighted by molar-refractivity contribution is 5.48. The van der Waals surface area contributed by atoms with E-state index in [4.69, 9.17) is 9.26 Å². The van der Waals surface area contributed by atoms with Crippen LogP contribution in [0, 0.1) is 0 Å². The summed E-state index contributed by atoms with van der Waals surface area (Å²) in [5.41, 5.74) is 0.780. The maximum absolute atomic E-state index is 5.52. The molecule has 1 aliphatic rings. The minimum absolute atomic E-state index is 0.127. The monoisotopic (exact) mass is 221 g/mol. The average Bonchev–Trinajstić information content (AvgIpc) is 3.01. The van der Waals surface area contributed by atoms with Crippen LogP contribution in [0.15, 0.2) is 16.9 Å². The third kappa shape index (κ3) is 1.70. The predicted molar refractivity (Wildman–Crippen MR) is 53.4 cm³/mol. The molecule has 3 rings (SSSR count). The van der Waals surface area contributed by atoms with Crippen molar-refractivity contribution in [2.24, 2.45) is 0 Å². The molecule has 1 atom stereocenters. The average molecular weight is 221 g/mol. The number of aromatic nitrogens is 4. The highest BCUT2D eigenvalue weighted by atomic mass is 16.5. The zero-order chi connectivity index (χ0) is 10.8. The zero-order valence-electron chi connectivity index (χ0n) is 8.51. The number of hydrogen-bond donors (Lipinski definition) is 2. The second-order valence-electron chi connectivity index (χ2n) is 3.51. The van der Waals surface area contributed by atoms with E-state index in [0.717, 1.165) is 12.1 Å². The molecule has 0 aromatic carbocycles. The standard InChI is InChI=1S/C9H11N5O2/c1-2-15-7(5-10-1)8-13-9(16-14-8)6-3-11-12-4-6/h3-4,7,10H,1-2,5H2,(H,11,12). The molecule has 0 bridgehead atoms. The second kappa shape index (κ2) is 4.03. The smallest absolute Gasteiger partial charge is 0.261 e. The molecule has 0 amide bonds. The molecule has 1 fully saturated rings. The van der Waals surface area contributed by atoms with E-state index in [1.807, 2.05) is 0 Å². The Kier molecular flexibility index (Phi) is 2.39. The summed E-state index contributed by atoms with van der Waals surface area (Å²) >= 11 is 0. The van der Waals surface area contributed by atoms with Crippen molar-refractivity contribution >= 4 is 0 Å². The van der Waals surface area contributed by atoms with Gasteiger partial charge in [0.15, 0.2) is 0 Å². The summed E-state index contributed by atoms with van der Waals surface area (Å²) in [6.45, 7) is 2.24. The molecule has 1 saturated heterocycles. The Labute approximate surface area is 91.2 Å². The molecule has 0 radical (unpaired) electrons. The van der Waals surface area contributed by atoms with Crippen LogP contribution in [-0.4, -0.2) is 40.0 Å². The lowest BCUT2D eigenvalue weighted by Crippen LogP contribution is -2.33. The topological polar surface area (TPSA) is 88.9 Å². The normalized spacial score (nSPS) is 21.1. The highest BCUT2D eigenvalue weighted by Crippen LogP contribution is 2.20. The van der Waals surface area contributed by atoms with Gasteiger partial charge in [-0.15, -0.1) is 0 Å². The van der Waals surface area contributed by atoms with Crippen LogP contribution < -0.4 is 5.32 Å². The van der Waals surface area contributed by atoms with Crippen LogP contribution >= 0.6 is 0 Å². The SMILES string of the molecule is c1n[nH]cc1-c1nc(C2CNCCO2)no1. The van der Waals surface area contributed by atoms with Crippen LogP contribution in [0.5, 0.6) is 0 Å². The molecule has 3 heterocycles. The van der Waals surface area contributed by atoms with Gasteiger partial charge >= 0.3 is 0 Å². The Bertz CT molecular complexity index is 446. The van der Waals surface area contributed by atoms with E-state index in [2.05, 4.69) is 25.7 Å². The molecule has 1 unspecified atom stereocenters. The Morgan fingerprint density at radius 3 is 3.19 bits per heavy atom. The van der Waals surface area contributed by atoms with Crippen molar-refractivity contribution < 1.29 is 9.26 Å². The molecular formula is C9H11N5O2. The van der Waals surface area contributed by atoms with Gasteiger partial charge in [0.25, 0.3) is 5.89 Å². The summed E-state index contributed by atoms with van der Waals surface area (Å²) in [5, 5.41) is 13.6. The number of rotatable bonds is 2. The molecule has 7 nitrogen and oxygen atoms in total. The minimum Gasteiger partial charge on any atom is -0.367 e. The number of H-pyrrole nitrogens is 1. The van der Waals surface area contributed by atoms with E-state index in [0.29, 0.717) is 24.9 Å². The third-order valence-electron chi connectivity index (χ3n) is 2.40. The molecule has 84 valence electrons. The first-order valence-electron chi connectivity index (χ1n) is 5.08. The quantitative estimate of drug-likeness (QED) is 0.748. The van der Waals surface area contributed by atoms with Crippen molar-refractivity contribution in [3.8, 4) is 11.5 Å². The van der Waals surface area contributed by atoms with Gasteiger partial charge in [-0.25, -0.2) is 0 Å². The van der Waals surface area contributed by atoms with Crippen LogP contribution in [0.25, 0.3) is 11.5 Å². The lowest BCUT2D eigenvalue weighted by Gasteiger charge is -2.20. The van der Waals surface area contributed by atoms with Gasteiger partial charge in [-0.05, 0) is 0 Å². The fourth-order valence-electron chi connectivity index (χ4n) is 1.58. The molecule has 0 aliphatic carbocycles. The first-order valence-corrected chi connectivity index (χ1v) is 5.08. The Morgan fingerprint density at radius 1 is 1.44 bits per heavy atom. The molecular weight excluding hydrogens is 210 g/mol. The van der Waals surface area contributed by atoms with E-state index >= 15 is 0 Å². The first-order chi connectivity index (χ1) is 7.93. The molecule has 2 aromatic heterocycles. The van der Waals surface area contributed by atoms with Crippen LogP contribution in [0.3, 0.4) is 0 Å². The zero-order valence-corrected chi connectivity index (χ0v) is 8.51. The van der Waals surface area contributed by atoms with Crippen LogP contribution in [-0.2, 0) is 4.74 Å². The number of aromatic amines is 1. The molecule has 16 heavy (non-hydrogen) atoms. The Hall–Kier alpha value is -1.73. The highest BCUT2D eigenvalue weighted by Gasteiger charge is 2.21. The first kappa shape index (κ1) is 9.49. The third-order valence-corrected chi connectivity index (χ3v) is 2.40. The lowest BCUT2D eigenvalue weighted by molar-refractivity contribution is 0.0208. The van der Waals surface area contributed by atoms with Crippen LogP contribution in [0.4, 0.5) is 0 Å². The van der Waals surface area contributed by atoms with Crippen molar-refractivity contribution in [2.75, 3.05) is 19.7 Å². The predicted octanol–water partition coefficient (Wildman–Crippen LogP) is 0.121. The molecule has 0 saturated carbocycles. The molecule has 7 heteroatoms. The second-order valence-corrected chi connectivity index (χ2v) is 3.51. The van der Waals surface area contributed by atoms with Gasteiger partial charge in [0.1, 0.15) is 6.10 Å². The van der Waals surface area contributed by atoms with Gasteiger partial charge in [0.05, 0.1) is 18.4 Å². The number of hydrogen-bond acceptors (Lipinski definition) is 6. The van der Waals surface area contributed by atoms with Crippen molar-refractivity contribution in [2.45, 2.75) is 6.10 Å². The number of nitrogens with zero attached hydrogens (tertiary/aromatic N) is 3. The molecule has 2 N–H and O–H groups in total. The van der Waals surface area contributed by atoms with Crippen molar-refractivity contribution in [1.29, 1.82) is 0 Å². The largest absolute Gasteiger partial charge is 0.367 e. The van der Waals surface area contributed by atoms with E-state index in [-0.39, 0.29) is 6.10 Å². The van der Waals surface area contributed by atoms with Crippen molar-refractivity contribution in [1.82, 2.24) is 25.7 Å². The fourth-order valence-corrected chi connectivity index (χ4v) is 1.58. The van der Waals surface area contributed by atoms with Gasteiger partial charge in [0.2, 0.25) is 5.82 Å².